The van der Waals surface area contributed by atoms with Gasteiger partial charge in [0.05, 0.1) is 10.6 Å². The zero-order valence-electron chi connectivity index (χ0n) is 16.8. The summed E-state index contributed by atoms with van der Waals surface area (Å²) in [6, 6.07) is 10.8. The highest BCUT2D eigenvalue weighted by atomic mass is 35.5. The van der Waals surface area contributed by atoms with Gasteiger partial charge >= 0.3 is 0 Å². The molecule has 1 aromatic heterocycles. The van der Waals surface area contributed by atoms with Crippen LogP contribution in [0.25, 0.3) is 11.3 Å². The van der Waals surface area contributed by atoms with Crippen LogP contribution < -0.4 is 5.32 Å². The van der Waals surface area contributed by atoms with Crippen molar-refractivity contribution in [3.05, 3.63) is 70.2 Å². The minimum absolute atomic E-state index is 0.00775. The van der Waals surface area contributed by atoms with Crippen molar-refractivity contribution >= 4 is 29.1 Å². The minimum atomic E-state index is -0.614. The highest BCUT2D eigenvalue weighted by molar-refractivity contribution is 6.33. The van der Waals surface area contributed by atoms with Crippen LogP contribution in [0.4, 0.5) is 10.1 Å². The van der Waals surface area contributed by atoms with E-state index in [-0.39, 0.29) is 33.5 Å². The lowest BCUT2D eigenvalue weighted by atomic mass is 10.0. The smallest absolute Gasteiger partial charge is 0.261 e. The molecule has 6 nitrogen and oxygen atoms in total. The molecule has 0 atom stereocenters. The summed E-state index contributed by atoms with van der Waals surface area (Å²) in [5.41, 5.74) is 0.956. The normalized spacial score (nSPS) is 10.7. The van der Waals surface area contributed by atoms with E-state index in [4.69, 9.17) is 16.1 Å². The third-order valence-electron chi connectivity index (χ3n) is 4.71. The van der Waals surface area contributed by atoms with Crippen molar-refractivity contribution < 1.29 is 18.5 Å². The third-order valence-corrected chi connectivity index (χ3v) is 5.02. The molecule has 0 saturated heterocycles. The van der Waals surface area contributed by atoms with Crippen LogP contribution in [0.5, 0.6) is 0 Å². The Hall–Kier alpha value is -3.19. The number of rotatable bonds is 6. The van der Waals surface area contributed by atoms with Crippen molar-refractivity contribution in [2.24, 2.45) is 0 Å². The third kappa shape index (κ3) is 4.21. The molecule has 0 aliphatic heterocycles. The summed E-state index contributed by atoms with van der Waals surface area (Å²) in [6.45, 7) is 6.52. The van der Waals surface area contributed by atoms with Crippen LogP contribution in [-0.4, -0.2) is 35.0 Å². The average Bonchev–Trinajstić information content (AvgIpc) is 3.10. The lowest BCUT2D eigenvalue weighted by Crippen LogP contribution is -2.30. The van der Waals surface area contributed by atoms with Gasteiger partial charge in [-0.15, -0.1) is 0 Å². The van der Waals surface area contributed by atoms with Crippen LogP contribution in [0.2, 0.25) is 5.02 Å². The van der Waals surface area contributed by atoms with Crippen LogP contribution in [0.15, 0.2) is 47.0 Å². The van der Waals surface area contributed by atoms with E-state index in [0.29, 0.717) is 24.3 Å². The molecule has 30 heavy (non-hydrogen) atoms. The van der Waals surface area contributed by atoms with Gasteiger partial charge in [-0.1, -0.05) is 28.9 Å². The number of halogens is 2. The molecule has 0 radical (unpaired) electrons. The van der Waals surface area contributed by atoms with Crippen LogP contribution >= 0.6 is 11.6 Å². The Morgan fingerprint density at radius 2 is 1.87 bits per heavy atom. The second-order valence-corrected chi connectivity index (χ2v) is 6.98. The first-order chi connectivity index (χ1) is 14.4. The summed E-state index contributed by atoms with van der Waals surface area (Å²) < 4.78 is 19.5. The lowest BCUT2D eigenvalue weighted by Gasteiger charge is -2.19. The van der Waals surface area contributed by atoms with Gasteiger partial charge < -0.3 is 14.7 Å². The van der Waals surface area contributed by atoms with Gasteiger partial charge in [0.15, 0.2) is 0 Å². The predicted octanol–water partition coefficient (Wildman–Crippen LogP) is 5.18. The lowest BCUT2D eigenvalue weighted by molar-refractivity contribution is 0.0772. The van der Waals surface area contributed by atoms with Gasteiger partial charge in [0, 0.05) is 24.3 Å². The number of anilines is 1. The van der Waals surface area contributed by atoms with E-state index >= 15 is 0 Å². The molecule has 8 heteroatoms. The first-order valence-electron chi connectivity index (χ1n) is 9.48. The van der Waals surface area contributed by atoms with E-state index in [0.717, 1.165) is 0 Å². The summed E-state index contributed by atoms with van der Waals surface area (Å²) in [6.07, 6.45) is 0. The zero-order chi connectivity index (χ0) is 21.8. The van der Waals surface area contributed by atoms with Crippen molar-refractivity contribution in [2.45, 2.75) is 20.8 Å². The Kier molecular flexibility index (Phi) is 6.52. The molecule has 0 fully saturated rings. The zero-order valence-corrected chi connectivity index (χ0v) is 17.6. The van der Waals surface area contributed by atoms with E-state index in [9.17, 15) is 14.0 Å². The van der Waals surface area contributed by atoms with Gasteiger partial charge in [-0.2, -0.15) is 0 Å². The largest absolute Gasteiger partial charge is 0.360 e. The van der Waals surface area contributed by atoms with Crippen molar-refractivity contribution in [3.63, 3.8) is 0 Å². The molecule has 0 spiro atoms. The maximum absolute atomic E-state index is 14.4. The van der Waals surface area contributed by atoms with Gasteiger partial charge in [-0.25, -0.2) is 4.39 Å². The monoisotopic (exact) mass is 429 g/mol. The molecule has 2 amide bonds. The van der Waals surface area contributed by atoms with Gasteiger partial charge in [-0.05, 0) is 51.1 Å². The topological polar surface area (TPSA) is 75.4 Å². The van der Waals surface area contributed by atoms with E-state index in [1.54, 1.807) is 36.1 Å². The van der Waals surface area contributed by atoms with Gasteiger partial charge in [0.2, 0.25) is 0 Å². The molecule has 3 aromatic rings. The number of amides is 2. The summed E-state index contributed by atoms with van der Waals surface area (Å²) in [5, 5.41) is 6.68. The van der Waals surface area contributed by atoms with E-state index in [2.05, 4.69) is 10.5 Å². The van der Waals surface area contributed by atoms with Crippen molar-refractivity contribution in [1.29, 1.82) is 0 Å². The Morgan fingerprint density at radius 3 is 2.53 bits per heavy atom. The molecule has 3 rings (SSSR count). The Bertz CT molecular complexity index is 1070. The number of hydrogen-bond acceptors (Lipinski definition) is 4. The summed E-state index contributed by atoms with van der Waals surface area (Å²) in [7, 11) is 0. The first-order valence-corrected chi connectivity index (χ1v) is 9.86. The minimum Gasteiger partial charge on any atom is -0.360 e. The molecule has 0 bridgehead atoms. The first kappa shape index (κ1) is 21.5. The summed E-state index contributed by atoms with van der Waals surface area (Å²) >= 11 is 6.13. The number of carbonyl (C=O) groups excluding carboxylic acids is 2. The van der Waals surface area contributed by atoms with Gasteiger partial charge in [-0.3, -0.25) is 9.59 Å². The highest BCUT2D eigenvalue weighted by Crippen LogP contribution is 2.33. The second-order valence-electron chi connectivity index (χ2n) is 6.57. The molecule has 0 saturated carbocycles. The van der Waals surface area contributed by atoms with E-state index < -0.39 is 11.7 Å². The number of nitrogens with one attached hydrogen (secondary N) is 1. The summed E-state index contributed by atoms with van der Waals surface area (Å²) in [4.78, 5) is 27.2. The Balaban J connectivity index is 1.93. The standard InChI is InChI=1S/C22H21ClFN3O3/c1-4-27(5-2)22(29)14-8-6-9-15(12-14)25-21(28)18-13(3)30-26-20(18)19-16(23)10-7-11-17(19)24/h6-12H,4-5H2,1-3H3,(H,25,28). The van der Waals surface area contributed by atoms with Crippen LogP contribution in [-0.2, 0) is 0 Å². The number of aromatic nitrogens is 1. The predicted molar refractivity (Wildman–Crippen MR) is 113 cm³/mol. The van der Waals surface area contributed by atoms with Gasteiger partial charge in [0.25, 0.3) is 11.8 Å². The Labute approximate surface area is 178 Å². The maximum atomic E-state index is 14.4. The van der Waals surface area contributed by atoms with Crippen molar-refractivity contribution in [3.8, 4) is 11.3 Å². The van der Waals surface area contributed by atoms with E-state index in [1.165, 1.54) is 18.2 Å². The quantitative estimate of drug-likeness (QED) is 0.586. The molecule has 2 aromatic carbocycles. The van der Waals surface area contributed by atoms with Crippen molar-refractivity contribution in [2.75, 3.05) is 18.4 Å². The fourth-order valence-electron chi connectivity index (χ4n) is 3.15. The van der Waals surface area contributed by atoms with Crippen molar-refractivity contribution in [1.82, 2.24) is 10.1 Å². The highest BCUT2D eigenvalue weighted by Gasteiger charge is 2.25. The second kappa shape index (κ2) is 9.09. The SMILES string of the molecule is CCN(CC)C(=O)c1cccc(NC(=O)c2c(-c3c(F)cccc3Cl)noc2C)c1. The number of aryl methyl sites for hydroxylation is 1. The molecule has 1 N–H and O–H groups in total. The van der Waals surface area contributed by atoms with E-state index in [1.807, 2.05) is 13.8 Å². The summed E-state index contributed by atoms with van der Waals surface area (Å²) in [5.74, 6) is -1.07. The molecule has 0 aliphatic rings. The van der Waals surface area contributed by atoms with Crippen LogP contribution in [0.1, 0.15) is 40.3 Å². The Morgan fingerprint density at radius 1 is 1.17 bits per heavy atom. The average molecular weight is 430 g/mol. The number of hydrogen-bond donors (Lipinski definition) is 1. The fourth-order valence-corrected chi connectivity index (χ4v) is 3.40. The maximum Gasteiger partial charge on any atom is 0.261 e. The number of nitrogens with zero attached hydrogens (tertiary/aromatic N) is 2. The van der Waals surface area contributed by atoms with Gasteiger partial charge in [0.1, 0.15) is 22.8 Å². The molecule has 0 unspecified atom stereocenters. The molecule has 0 aliphatic carbocycles. The van der Waals surface area contributed by atoms with Crippen LogP contribution in [0, 0.1) is 12.7 Å². The van der Waals surface area contributed by atoms with Crippen LogP contribution in [0.3, 0.4) is 0 Å². The molecule has 156 valence electrons. The number of carbonyl (C=O) groups is 2. The fraction of sp³-hybridized carbons (Fsp3) is 0.227. The molecular formula is C22H21ClFN3O3. The molecular weight excluding hydrogens is 409 g/mol. The molecule has 1 heterocycles. The number of benzene rings is 2.